The molecule has 0 unspecified atom stereocenters. The van der Waals surface area contributed by atoms with E-state index in [1.165, 1.54) is 0 Å². The number of carbonyl (C=O) groups is 3. The van der Waals surface area contributed by atoms with Gasteiger partial charge in [0.1, 0.15) is 11.9 Å². The van der Waals surface area contributed by atoms with Gasteiger partial charge in [0.2, 0.25) is 17.7 Å². The van der Waals surface area contributed by atoms with E-state index in [9.17, 15) is 19.6 Å². The molecule has 3 aliphatic rings. The van der Waals surface area contributed by atoms with E-state index in [2.05, 4.69) is 21.6 Å². The van der Waals surface area contributed by atoms with Crippen molar-refractivity contribution in [3.05, 3.63) is 81.4 Å². The van der Waals surface area contributed by atoms with E-state index in [0.29, 0.717) is 48.0 Å². The number of aromatic amines is 1. The first-order valence-electron chi connectivity index (χ1n) is 14.3. The summed E-state index contributed by atoms with van der Waals surface area (Å²) < 4.78 is 0. The molecular formula is C31H34N8O3. The van der Waals surface area contributed by atoms with Crippen molar-refractivity contribution in [3.8, 4) is 6.07 Å². The summed E-state index contributed by atoms with van der Waals surface area (Å²) in [5.74, 6) is 0.541. The first-order valence-corrected chi connectivity index (χ1v) is 14.3. The quantitative estimate of drug-likeness (QED) is 0.319. The van der Waals surface area contributed by atoms with Gasteiger partial charge in [-0.1, -0.05) is 12.1 Å². The molecule has 11 heteroatoms. The van der Waals surface area contributed by atoms with E-state index in [4.69, 9.17) is 16.5 Å². The van der Waals surface area contributed by atoms with Gasteiger partial charge < -0.3 is 21.7 Å². The van der Waals surface area contributed by atoms with Crippen LogP contribution in [0, 0.1) is 24.2 Å². The lowest BCUT2D eigenvalue weighted by Crippen LogP contribution is -2.46. The number of nitrogens with two attached hydrogens (primary N) is 2. The molecule has 2 aliphatic carbocycles. The number of H-pyrrole nitrogens is 1. The number of piperidine rings is 1. The zero-order valence-corrected chi connectivity index (χ0v) is 23.7. The van der Waals surface area contributed by atoms with E-state index in [1.807, 2.05) is 38.1 Å². The van der Waals surface area contributed by atoms with Crippen LogP contribution in [-0.4, -0.2) is 62.5 Å². The molecule has 11 nitrogen and oxygen atoms in total. The summed E-state index contributed by atoms with van der Waals surface area (Å²) in [4.78, 5) is 44.1. The number of carbonyl (C=O) groups excluding carboxylic acids is 3. The molecule has 2 fully saturated rings. The number of primary amides is 2. The summed E-state index contributed by atoms with van der Waals surface area (Å²) in [7, 11) is 0. The molecule has 42 heavy (non-hydrogen) atoms. The van der Waals surface area contributed by atoms with Gasteiger partial charge in [-0.2, -0.15) is 10.4 Å². The van der Waals surface area contributed by atoms with E-state index < -0.39 is 17.2 Å². The van der Waals surface area contributed by atoms with Gasteiger partial charge in [-0.15, -0.1) is 0 Å². The molecule has 6 N–H and O–H groups in total. The van der Waals surface area contributed by atoms with Crippen LogP contribution in [0.4, 0.5) is 0 Å². The Morgan fingerprint density at radius 2 is 1.71 bits per heavy atom. The Labute approximate surface area is 243 Å². The number of nitrogens with one attached hydrogen (secondary N) is 2. The highest BCUT2D eigenvalue weighted by Crippen LogP contribution is 2.48. The number of fused-ring (bicyclic) bond motifs is 3. The average Bonchev–Trinajstić information content (AvgIpc) is 3.46. The molecule has 2 heterocycles. The number of aromatic nitrogens is 3. The summed E-state index contributed by atoms with van der Waals surface area (Å²) in [6.07, 6.45) is 3.40. The summed E-state index contributed by atoms with van der Waals surface area (Å²) in [6.45, 7) is 3.95. The smallest absolute Gasteiger partial charge is 0.248 e. The minimum Gasteiger partial charge on any atom is -0.366 e. The highest BCUT2D eigenvalue weighted by molar-refractivity contribution is 5.94. The van der Waals surface area contributed by atoms with Gasteiger partial charge in [-0.05, 0) is 98.4 Å². The molecule has 4 atom stereocenters. The van der Waals surface area contributed by atoms with Crippen LogP contribution >= 0.6 is 0 Å². The molecule has 216 valence electrons. The summed E-state index contributed by atoms with van der Waals surface area (Å²) in [6, 6.07) is 12.9. The highest BCUT2D eigenvalue weighted by atomic mass is 16.2. The van der Waals surface area contributed by atoms with E-state index in [-0.39, 0.29) is 30.6 Å². The molecule has 0 spiro atoms. The lowest BCUT2D eigenvalue weighted by molar-refractivity contribution is -0.131. The molecule has 1 saturated heterocycles. The minimum atomic E-state index is -0.891. The molecule has 6 rings (SSSR count). The summed E-state index contributed by atoms with van der Waals surface area (Å²) in [5.41, 5.74) is 15.0. The third-order valence-electron chi connectivity index (χ3n) is 9.10. The summed E-state index contributed by atoms with van der Waals surface area (Å²) in [5, 5.41) is 20.6. The van der Waals surface area contributed by atoms with Gasteiger partial charge in [-0.25, -0.2) is 4.98 Å². The van der Waals surface area contributed by atoms with E-state index in [1.54, 1.807) is 17.0 Å². The Bertz CT molecular complexity index is 1570. The van der Waals surface area contributed by atoms with Crippen molar-refractivity contribution >= 4 is 17.7 Å². The predicted molar refractivity (Wildman–Crippen MR) is 153 cm³/mol. The normalized spacial score (nSPS) is 22.2. The third kappa shape index (κ3) is 4.61. The van der Waals surface area contributed by atoms with Gasteiger partial charge in [-0.3, -0.25) is 19.5 Å². The predicted octanol–water partition coefficient (Wildman–Crippen LogP) is 1.63. The molecule has 1 aromatic heterocycles. The molecule has 0 bridgehead atoms. The lowest BCUT2D eigenvalue weighted by Gasteiger charge is -2.37. The monoisotopic (exact) mass is 566 g/mol. The largest absolute Gasteiger partial charge is 0.366 e. The number of hydrogen-bond donors (Lipinski definition) is 4. The van der Waals surface area contributed by atoms with Crippen LogP contribution in [0.2, 0.25) is 0 Å². The number of amides is 3. The molecule has 3 aromatic rings. The topological polar surface area (TPSA) is 184 Å². The second-order valence-electron chi connectivity index (χ2n) is 11.9. The highest BCUT2D eigenvalue weighted by Gasteiger charge is 2.54. The van der Waals surface area contributed by atoms with E-state index >= 15 is 0 Å². The Hall–Kier alpha value is -4.56. The third-order valence-corrected chi connectivity index (χ3v) is 9.10. The van der Waals surface area contributed by atoms with Gasteiger partial charge >= 0.3 is 0 Å². The summed E-state index contributed by atoms with van der Waals surface area (Å²) >= 11 is 0. The molecular weight excluding hydrogens is 532 g/mol. The maximum atomic E-state index is 13.3. The van der Waals surface area contributed by atoms with Gasteiger partial charge in [0.25, 0.3) is 0 Å². The van der Waals surface area contributed by atoms with Crippen molar-refractivity contribution in [3.63, 3.8) is 0 Å². The fourth-order valence-corrected chi connectivity index (χ4v) is 7.06. The second kappa shape index (κ2) is 10.4. The van der Waals surface area contributed by atoms with Gasteiger partial charge in [0.15, 0.2) is 5.82 Å². The van der Waals surface area contributed by atoms with Crippen LogP contribution in [0.25, 0.3) is 0 Å². The molecule has 3 amide bonds. The SMILES string of the molecule is Cc1nc(C2(C[C@H](C)NCC(=O)N3[C@H](C#N)C[C@@H]4C[C@@H]43)c3ccc(C(N)=O)cc3CCc3cc(C(N)=O)ccc32)n[nH]1. The number of benzene rings is 2. The van der Waals surface area contributed by atoms with Crippen LogP contribution < -0.4 is 16.8 Å². The second-order valence-corrected chi connectivity index (χ2v) is 11.9. The van der Waals surface area contributed by atoms with Crippen molar-refractivity contribution in [1.82, 2.24) is 25.4 Å². The lowest BCUT2D eigenvalue weighted by atomic mass is 9.67. The average molecular weight is 567 g/mol. The van der Waals surface area contributed by atoms with Crippen LogP contribution in [0.3, 0.4) is 0 Å². The maximum absolute atomic E-state index is 13.3. The number of aryl methyl sites for hydroxylation is 3. The number of hydrogen-bond acceptors (Lipinski definition) is 7. The Kier molecular flexibility index (Phi) is 6.81. The minimum absolute atomic E-state index is 0.0694. The van der Waals surface area contributed by atoms with Gasteiger partial charge in [0, 0.05) is 23.2 Å². The van der Waals surface area contributed by atoms with Crippen molar-refractivity contribution < 1.29 is 14.4 Å². The fraction of sp³-hybridized carbons (Fsp3) is 0.419. The molecule has 1 aliphatic heterocycles. The number of rotatable bonds is 8. The number of nitriles is 1. The zero-order valence-electron chi connectivity index (χ0n) is 23.7. The Balaban J connectivity index is 1.42. The molecule has 0 radical (unpaired) electrons. The van der Waals surface area contributed by atoms with Crippen molar-refractivity contribution in [1.29, 1.82) is 5.26 Å². The number of likely N-dealkylation sites (tertiary alicyclic amines) is 1. The number of nitrogens with zero attached hydrogens (tertiary/aromatic N) is 4. The molecule has 2 aromatic carbocycles. The van der Waals surface area contributed by atoms with Crippen LogP contribution in [0.5, 0.6) is 0 Å². The van der Waals surface area contributed by atoms with Gasteiger partial charge in [0.05, 0.1) is 18.0 Å². The Morgan fingerprint density at radius 3 is 2.24 bits per heavy atom. The van der Waals surface area contributed by atoms with Crippen molar-refractivity contribution in [2.75, 3.05) is 6.54 Å². The standard InChI is InChI=1S/C31H34N8O3/c1-16(35-15-27(40)39-23(14-32)11-22-12-26(22)39)13-31(30-36-17(2)37-38-30)24-7-5-20(28(33)41)9-18(24)3-4-19-10-21(29(34)42)6-8-25(19)31/h5-10,16,22-23,26,35H,3-4,11-13,15H2,1-2H3,(H2,33,41)(H2,34,42)(H,36,37,38)/t16-,22+,23-,26-/m0/s1. The van der Waals surface area contributed by atoms with Crippen LogP contribution in [0.1, 0.15) is 80.8 Å². The maximum Gasteiger partial charge on any atom is 0.248 e. The zero-order chi connectivity index (χ0) is 29.8. The fourth-order valence-electron chi connectivity index (χ4n) is 7.06. The van der Waals surface area contributed by atoms with Crippen LogP contribution in [0.15, 0.2) is 36.4 Å². The van der Waals surface area contributed by atoms with E-state index in [0.717, 1.165) is 35.1 Å². The molecule has 1 saturated carbocycles. The van der Waals surface area contributed by atoms with Crippen molar-refractivity contribution in [2.24, 2.45) is 17.4 Å². The van der Waals surface area contributed by atoms with Crippen molar-refractivity contribution in [2.45, 2.75) is 69.5 Å². The Morgan fingerprint density at radius 1 is 1.10 bits per heavy atom. The first-order chi connectivity index (χ1) is 20.1. The van der Waals surface area contributed by atoms with Crippen LogP contribution in [-0.2, 0) is 23.1 Å². The first kappa shape index (κ1) is 27.6.